The molecule has 142 valence electrons. The third kappa shape index (κ3) is 3.91. The molecule has 1 N–H and O–H groups in total. The Balaban J connectivity index is 1.75. The smallest absolute Gasteiger partial charge is 0.350 e. The first-order valence-corrected chi connectivity index (χ1v) is 8.67. The van der Waals surface area contributed by atoms with Gasteiger partial charge in [0.25, 0.3) is 0 Å². The first-order valence-electron chi connectivity index (χ1n) is 8.67. The average molecular weight is 369 g/mol. The highest BCUT2D eigenvalue weighted by Crippen LogP contribution is 2.35. The minimum absolute atomic E-state index is 0.211. The summed E-state index contributed by atoms with van der Waals surface area (Å²) in [6.07, 6.45) is 0.605. The summed E-state index contributed by atoms with van der Waals surface area (Å²) >= 11 is 0. The third-order valence-corrected chi connectivity index (χ3v) is 4.66. The number of nitrogens with zero attached hydrogens (tertiary/aromatic N) is 4. The lowest BCUT2D eigenvalue weighted by molar-refractivity contribution is -0.142. The molecule has 0 unspecified atom stereocenters. The Labute approximate surface area is 149 Å². The number of halogens is 3. The quantitative estimate of drug-likeness (QED) is 0.843. The van der Waals surface area contributed by atoms with Gasteiger partial charge < -0.3 is 5.32 Å². The highest BCUT2D eigenvalue weighted by atomic mass is 19.4. The van der Waals surface area contributed by atoms with Gasteiger partial charge in [0.2, 0.25) is 5.91 Å². The van der Waals surface area contributed by atoms with Gasteiger partial charge in [0, 0.05) is 36.6 Å². The van der Waals surface area contributed by atoms with Gasteiger partial charge in [-0.2, -0.15) is 23.4 Å². The molecule has 0 bridgehead atoms. The van der Waals surface area contributed by atoms with E-state index in [1.165, 1.54) is 4.68 Å². The number of carbonyl (C=O) groups is 1. The molecule has 2 heterocycles. The Bertz CT molecular complexity index is 806. The van der Waals surface area contributed by atoms with E-state index < -0.39 is 11.9 Å². The van der Waals surface area contributed by atoms with Crippen LogP contribution in [-0.2, 0) is 43.9 Å². The summed E-state index contributed by atoms with van der Waals surface area (Å²) in [5.74, 6) is -0.364. The van der Waals surface area contributed by atoms with Crippen LogP contribution in [0, 0.1) is 6.92 Å². The first-order chi connectivity index (χ1) is 12.3. The van der Waals surface area contributed by atoms with E-state index >= 15 is 0 Å². The van der Waals surface area contributed by atoms with Crippen LogP contribution in [0.25, 0.3) is 0 Å². The lowest BCUT2D eigenvalue weighted by Gasteiger charge is -2.08. The molecule has 0 radical (unpaired) electrons. The maximum atomic E-state index is 13.3. The second kappa shape index (κ2) is 7.13. The largest absolute Gasteiger partial charge is 0.435 e. The van der Waals surface area contributed by atoms with Gasteiger partial charge in [0.15, 0.2) is 5.69 Å². The van der Waals surface area contributed by atoms with Gasteiger partial charge in [0.1, 0.15) is 6.54 Å². The molecule has 1 aliphatic rings. The van der Waals surface area contributed by atoms with Gasteiger partial charge in [-0.3, -0.25) is 14.2 Å². The van der Waals surface area contributed by atoms with Crippen molar-refractivity contribution in [3.8, 4) is 0 Å². The molecule has 0 fully saturated rings. The summed E-state index contributed by atoms with van der Waals surface area (Å²) in [5.41, 5.74) is 1.63. The predicted octanol–water partition coefficient (Wildman–Crippen LogP) is 2.53. The maximum absolute atomic E-state index is 13.3. The van der Waals surface area contributed by atoms with E-state index in [0.29, 0.717) is 25.0 Å². The third-order valence-electron chi connectivity index (χ3n) is 4.66. The van der Waals surface area contributed by atoms with Gasteiger partial charge in [-0.25, -0.2) is 0 Å². The zero-order valence-electron chi connectivity index (χ0n) is 14.9. The van der Waals surface area contributed by atoms with Gasteiger partial charge in [0.05, 0.1) is 5.69 Å². The molecule has 0 aromatic carbocycles. The predicted molar refractivity (Wildman–Crippen MR) is 88.3 cm³/mol. The molecular formula is C17H22F3N5O. The normalized spacial score (nSPS) is 14.8. The fourth-order valence-electron chi connectivity index (χ4n) is 3.41. The van der Waals surface area contributed by atoms with Crippen LogP contribution in [0.3, 0.4) is 0 Å². The van der Waals surface area contributed by atoms with E-state index in [0.717, 1.165) is 24.1 Å². The summed E-state index contributed by atoms with van der Waals surface area (Å²) in [6.45, 7) is 1.91. The summed E-state index contributed by atoms with van der Waals surface area (Å²) in [5, 5.41) is 10.7. The molecule has 26 heavy (non-hydrogen) atoms. The summed E-state index contributed by atoms with van der Waals surface area (Å²) in [4.78, 5) is 12.3. The fraction of sp³-hybridized carbons (Fsp3) is 0.588. The molecule has 0 saturated carbocycles. The summed E-state index contributed by atoms with van der Waals surface area (Å²) in [6, 6.07) is 0. The topological polar surface area (TPSA) is 64.7 Å². The lowest BCUT2D eigenvalue weighted by Crippen LogP contribution is -2.28. The van der Waals surface area contributed by atoms with Crippen molar-refractivity contribution in [1.29, 1.82) is 0 Å². The van der Waals surface area contributed by atoms with Crippen molar-refractivity contribution in [3.63, 3.8) is 0 Å². The van der Waals surface area contributed by atoms with Gasteiger partial charge >= 0.3 is 6.18 Å². The molecule has 1 aliphatic carbocycles. The molecule has 6 nitrogen and oxygen atoms in total. The second-order valence-electron chi connectivity index (χ2n) is 6.68. The zero-order valence-corrected chi connectivity index (χ0v) is 14.9. The van der Waals surface area contributed by atoms with Crippen molar-refractivity contribution in [2.75, 3.05) is 0 Å². The minimum atomic E-state index is -4.50. The zero-order chi connectivity index (χ0) is 18.9. The van der Waals surface area contributed by atoms with Crippen molar-refractivity contribution >= 4 is 5.91 Å². The number of amides is 1. The van der Waals surface area contributed by atoms with Crippen LogP contribution in [-0.4, -0.2) is 25.5 Å². The Morgan fingerprint density at radius 1 is 1.23 bits per heavy atom. The Morgan fingerprint density at radius 3 is 2.62 bits per heavy atom. The molecule has 0 saturated heterocycles. The number of hydrogen-bond donors (Lipinski definition) is 1. The van der Waals surface area contributed by atoms with E-state index in [1.807, 2.05) is 6.92 Å². The molecule has 2 aromatic rings. The Hall–Kier alpha value is -2.32. The summed E-state index contributed by atoms with van der Waals surface area (Å²) in [7, 11) is 1.79. The number of alkyl halides is 3. The number of hydrogen-bond acceptors (Lipinski definition) is 3. The fourth-order valence-corrected chi connectivity index (χ4v) is 3.41. The van der Waals surface area contributed by atoms with Crippen LogP contribution in [0.15, 0.2) is 6.20 Å². The molecular weight excluding hydrogens is 347 g/mol. The maximum Gasteiger partial charge on any atom is 0.435 e. The minimum Gasteiger partial charge on any atom is -0.350 e. The van der Waals surface area contributed by atoms with Crippen LogP contribution in [0.4, 0.5) is 13.2 Å². The second-order valence-corrected chi connectivity index (χ2v) is 6.68. The van der Waals surface area contributed by atoms with Gasteiger partial charge in [-0.05, 0) is 32.6 Å². The summed E-state index contributed by atoms with van der Waals surface area (Å²) < 4.78 is 42.8. The van der Waals surface area contributed by atoms with Crippen molar-refractivity contribution in [2.24, 2.45) is 7.05 Å². The van der Waals surface area contributed by atoms with Crippen LogP contribution < -0.4 is 5.32 Å². The number of fused-ring (bicyclic) bond motifs is 1. The van der Waals surface area contributed by atoms with Crippen LogP contribution >= 0.6 is 0 Å². The standard InChI is InChI=1S/C17H22F3N5O/c1-11-12(9-24(2)22-11)8-21-15(26)10-25-14-7-5-3-4-6-13(14)16(23-25)17(18,19)20/h9H,3-8,10H2,1-2H3,(H,21,26). The molecule has 0 aliphatic heterocycles. The van der Waals surface area contributed by atoms with E-state index in [-0.39, 0.29) is 24.6 Å². The molecule has 1 amide bonds. The molecule has 9 heteroatoms. The monoisotopic (exact) mass is 369 g/mol. The number of aromatic nitrogens is 4. The Morgan fingerprint density at radius 2 is 1.96 bits per heavy atom. The lowest BCUT2D eigenvalue weighted by atomic mass is 10.1. The number of aryl methyl sites for hydroxylation is 2. The van der Waals surface area contributed by atoms with E-state index in [2.05, 4.69) is 15.5 Å². The number of carbonyl (C=O) groups excluding carboxylic acids is 1. The SMILES string of the molecule is Cc1nn(C)cc1CNC(=O)Cn1nc(C(F)(F)F)c2c1CCCCC2. The van der Waals surface area contributed by atoms with Crippen LogP contribution in [0.1, 0.15) is 47.5 Å². The number of nitrogens with one attached hydrogen (secondary N) is 1. The molecule has 0 atom stereocenters. The Kier molecular flexibility index (Phi) is 5.06. The van der Waals surface area contributed by atoms with Crippen molar-refractivity contribution in [2.45, 2.75) is 58.3 Å². The van der Waals surface area contributed by atoms with Crippen LogP contribution in [0.2, 0.25) is 0 Å². The van der Waals surface area contributed by atoms with E-state index in [4.69, 9.17) is 0 Å². The highest BCUT2D eigenvalue weighted by Gasteiger charge is 2.39. The van der Waals surface area contributed by atoms with Gasteiger partial charge in [-0.1, -0.05) is 6.42 Å². The number of rotatable bonds is 4. The molecule has 0 spiro atoms. The van der Waals surface area contributed by atoms with Gasteiger partial charge in [-0.15, -0.1) is 0 Å². The van der Waals surface area contributed by atoms with Crippen molar-refractivity contribution in [3.05, 3.63) is 34.4 Å². The highest BCUT2D eigenvalue weighted by molar-refractivity contribution is 5.75. The van der Waals surface area contributed by atoms with E-state index in [1.54, 1.807) is 17.9 Å². The van der Waals surface area contributed by atoms with Crippen LogP contribution in [0.5, 0.6) is 0 Å². The molecule has 3 rings (SSSR count). The van der Waals surface area contributed by atoms with E-state index in [9.17, 15) is 18.0 Å². The average Bonchev–Trinajstić information content (AvgIpc) is 2.94. The first kappa shape index (κ1) is 18.5. The molecule has 2 aromatic heterocycles. The van der Waals surface area contributed by atoms with Crippen molar-refractivity contribution < 1.29 is 18.0 Å². The van der Waals surface area contributed by atoms with Crippen molar-refractivity contribution in [1.82, 2.24) is 24.9 Å².